The minimum atomic E-state index is 0.515. The molecular weight excluding hydrogens is 441 g/mol. The molecule has 156 valence electrons. The van der Waals surface area contributed by atoms with Crippen LogP contribution in [0.25, 0.3) is 0 Å². The molecule has 9 heteroatoms. The molecule has 0 aromatic carbocycles. The summed E-state index contributed by atoms with van der Waals surface area (Å²) in [6, 6.07) is 0. The lowest BCUT2D eigenvalue weighted by molar-refractivity contribution is 0.425. The number of ether oxygens (including phenoxy) is 4. The molecule has 0 aromatic rings. The monoisotopic (exact) mass is 470 g/mol. The van der Waals surface area contributed by atoms with Crippen LogP contribution in [-0.2, 0) is 18.9 Å². The van der Waals surface area contributed by atoms with Crippen molar-refractivity contribution in [2.75, 3.05) is 72.5 Å². The molecule has 6 atom stereocenters. The second-order valence-electron chi connectivity index (χ2n) is 7.25. The van der Waals surface area contributed by atoms with Crippen molar-refractivity contribution in [1.29, 1.82) is 0 Å². The zero-order valence-electron chi connectivity index (χ0n) is 15.6. The van der Waals surface area contributed by atoms with Crippen LogP contribution in [0, 0.1) is 0 Å². The van der Waals surface area contributed by atoms with E-state index in [9.17, 15) is 0 Å². The van der Waals surface area contributed by atoms with Gasteiger partial charge in [0.05, 0.1) is 50.8 Å². The van der Waals surface area contributed by atoms with Crippen molar-refractivity contribution in [1.82, 2.24) is 0 Å². The summed E-state index contributed by atoms with van der Waals surface area (Å²) in [7, 11) is 0. The van der Waals surface area contributed by atoms with Gasteiger partial charge in [-0.25, -0.2) is 0 Å². The standard InChI is InChI=1S/C18H30O4S5/c1(23-7-13-3-19-13)2-26-17(11-24-8-14-4-20-14)18(27-10-16-6-22-16)12-25-9-15-5-21-15/h13-18H,1-12H2. The van der Waals surface area contributed by atoms with Crippen LogP contribution in [0.4, 0.5) is 0 Å². The first kappa shape index (κ1) is 21.8. The van der Waals surface area contributed by atoms with Crippen LogP contribution in [0.3, 0.4) is 0 Å². The summed E-state index contributed by atoms with van der Waals surface area (Å²) in [6.07, 6.45) is 2.12. The molecule has 27 heavy (non-hydrogen) atoms. The molecule has 4 nitrogen and oxygen atoms in total. The fraction of sp³-hybridized carbons (Fsp3) is 1.00. The van der Waals surface area contributed by atoms with Gasteiger partial charge in [-0.15, -0.1) is 0 Å². The van der Waals surface area contributed by atoms with E-state index < -0.39 is 0 Å². The molecule has 0 amide bonds. The largest absolute Gasteiger partial charge is 0.372 e. The molecule has 0 aliphatic carbocycles. The fourth-order valence-corrected chi connectivity index (χ4v) is 9.75. The summed E-state index contributed by atoms with van der Waals surface area (Å²) in [5.74, 6) is 9.62. The molecule has 4 saturated heterocycles. The predicted molar refractivity (Wildman–Crippen MR) is 123 cm³/mol. The van der Waals surface area contributed by atoms with Gasteiger partial charge in [-0.3, -0.25) is 0 Å². The third-order valence-corrected chi connectivity index (χ3v) is 11.8. The van der Waals surface area contributed by atoms with Crippen molar-refractivity contribution in [2.45, 2.75) is 34.9 Å². The molecule has 4 fully saturated rings. The van der Waals surface area contributed by atoms with Crippen molar-refractivity contribution in [3.8, 4) is 0 Å². The van der Waals surface area contributed by atoms with Gasteiger partial charge in [0.25, 0.3) is 0 Å². The van der Waals surface area contributed by atoms with E-state index >= 15 is 0 Å². The van der Waals surface area contributed by atoms with E-state index in [0.29, 0.717) is 34.9 Å². The Bertz CT molecular complexity index is 430. The number of epoxide rings is 4. The Morgan fingerprint density at radius 3 is 1.52 bits per heavy atom. The average Bonchev–Trinajstić information content (AvgIpc) is 3.50. The fourth-order valence-electron chi connectivity index (χ4n) is 2.52. The Balaban J connectivity index is 1.20. The van der Waals surface area contributed by atoms with Crippen molar-refractivity contribution in [3.63, 3.8) is 0 Å². The Kier molecular flexibility index (Phi) is 9.56. The highest BCUT2D eigenvalue weighted by molar-refractivity contribution is 8.07. The molecule has 0 saturated carbocycles. The van der Waals surface area contributed by atoms with Crippen LogP contribution < -0.4 is 0 Å². The van der Waals surface area contributed by atoms with Crippen molar-refractivity contribution >= 4 is 58.8 Å². The van der Waals surface area contributed by atoms with Gasteiger partial charge in [0.15, 0.2) is 0 Å². The number of hydrogen-bond donors (Lipinski definition) is 0. The molecule has 4 rings (SSSR count). The quantitative estimate of drug-likeness (QED) is 0.222. The smallest absolute Gasteiger partial charge is 0.0900 e. The minimum absolute atomic E-state index is 0.515. The highest BCUT2D eigenvalue weighted by Gasteiger charge is 2.30. The van der Waals surface area contributed by atoms with E-state index in [0.717, 1.165) is 43.7 Å². The molecule has 0 spiro atoms. The second-order valence-corrected chi connectivity index (χ2v) is 13.2. The molecule has 4 aliphatic heterocycles. The normalized spacial score (nSPS) is 32.9. The third-order valence-electron chi connectivity index (χ3n) is 4.56. The van der Waals surface area contributed by atoms with Crippen LogP contribution >= 0.6 is 58.8 Å². The summed E-state index contributed by atoms with van der Waals surface area (Å²) in [6.45, 7) is 3.89. The number of hydrogen-bond acceptors (Lipinski definition) is 9. The first-order valence-electron chi connectivity index (χ1n) is 9.79. The van der Waals surface area contributed by atoms with Crippen molar-refractivity contribution in [2.24, 2.45) is 0 Å². The van der Waals surface area contributed by atoms with Crippen LogP contribution in [0.5, 0.6) is 0 Å². The summed E-state index contributed by atoms with van der Waals surface area (Å²) in [5, 5.41) is 1.41. The van der Waals surface area contributed by atoms with E-state index in [1.165, 1.54) is 28.8 Å². The topological polar surface area (TPSA) is 50.1 Å². The van der Waals surface area contributed by atoms with E-state index in [1.54, 1.807) is 0 Å². The van der Waals surface area contributed by atoms with E-state index in [1.807, 2.05) is 0 Å². The van der Waals surface area contributed by atoms with Crippen molar-refractivity contribution < 1.29 is 18.9 Å². The maximum atomic E-state index is 5.46. The summed E-state index contributed by atoms with van der Waals surface area (Å²) >= 11 is 10.6. The van der Waals surface area contributed by atoms with Crippen molar-refractivity contribution in [3.05, 3.63) is 0 Å². The van der Waals surface area contributed by atoms with Crippen LogP contribution in [0.1, 0.15) is 0 Å². The highest BCUT2D eigenvalue weighted by atomic mass is 32.2. The van der Waals surface area contributed by atoms with Gasteiger partial charge in [-0.1, -0.05) is 0 Å². The van der Waals surface area contributed by atoms with Gasteiger partial charge < -0.3 is 18.9 Å². The first-order valence-corrected chi connectivity index (χ1v) is 15.4. The van der Waals surface area contributed by atoms with Gasteiger partial charge in [0.1, 0.15) is 0 Å². The van der Waals surface area contributed by atoms with E-state index in [4.69, 9.17) is 18.9 Å². The molecule has 0 aromatic heterocycles. The zero-order valence-corrected chi connectivity index (χ0v) is 19.7. The van der Waals surface area contributed by atoms with E-state index in [-0.39, 0.29) is 0 Å². The zero-order chi connectivity index (χ0) is 18.3. The Hall–Kier alpha value is 1.59. The maximum Gasteiger partial charge on any atom is 0.0900 e. The van der Waals surface area contributed by atoms with Gasteiger partial charge in [0.2, 0.25) is 0 Å². The predicted octanol–water partition coefficient (Wildman–Crippen LogP) is 2.98. The van der Waals surface area contributed by atoms with Crippen LogP contribution in [-0.4, -0.2) is 107 Å². The number of thioether (sulfide) groups is 5. The van der Waals surface area contributed by atoms with Gasteiger partial charge >= 0.3 is 0 Å². The molecular formula is C18H30O4S5. The second kappa shape index (κ2) is 11.8. The molecule has 6 unspecified atom stereocenters. The molecule has 4 heterocycles. The molecule has 0 bridgehead atoms. The minimum Gasteiger partial charge on any atom is -0.372 e. The van der Waals surface area contributed by atoms with Gasteiger partial charge in [-0.05, 0) is 0 Å². The summed E-state index contributed by atoms with van der Waals surface area (Å²) in [4.78, 5) is 0. The number of rotatable bonds is 18. The van der Waals surface area contributed by atoms with Gasteiger partial charge in [0, 0.05) is 56.5 Å². The van der Waals surface area contributed by atoms with Crippen LogP contribution in [0.2, 0.25) is 0 Å². The SMILES string of the molecule is C(CSC(CSCC1CO1)C(CSCC1CO1)SCC1CO1)SCC1CO1. The summed E-state index contributed by atoms with van der Waals surface area (Å²) < 4.78 is 21.6. The Morgan fingerprint density at radius 1 is 0.556 bits per heavy atom. The molecule has 0 radical (unpaired) electrons. The average molecular weight is 471 g/mol. The third kappa shape index (κ3) is 9.96. The highest BCUT2D eigenvalue weighted by Crippen LogP contribution is 2.34. The lowest BCUT2D eigenvalue weighted by Crippen LogP contribution is -2.27. The lowest BCUT2D eigenvalue weighted by Gasteiger charge is -2.26. The molecule has 4 aliphatic rings. The summed E-state index contributed by atoms with van der Waals surface area (Å²) in [5.41, 5.74) is 0. The maximum absolute atomic E-state index is 5.46. The Morgan fingerprint density at radius 2 is 1.00 bits per heavy atom. The first-order chi connectivity index (χ1) is 13.4. The van der Waals surface area contributed by atoms with Gasteiger partial charge in [-0.2, -0.15) is 58.8 Å². The van der Waals surface area contributed by atoms with Crippen LogP contribution in [0.15, 0.2) is 0 Å². The lowest BCUT2D eigenvalue weighted by atomic mass is 10.3. The van der Waals surface area contributed by atoms with E-state index in [2.05, 4.69) is 58.8 Å². The molecule has 0 N–H and O–H groups in total. The Labute approximate surface area is 184 Å².